The highest BCUT2D eigenvalue weighted by Crippen LogP contribution is 2.37. The smallest absolute Gasteiger partial charge is 0.351 e. The van der Waals surface area contributed by atoms with E-state index in [1.54, 1.807) is 18.2 Å². The first-order chi connectivity index (χ1) is 9.08. The molecular formula is C13H8Br2O4. The second-order valence-electron chi connectivity index (χ2n) is 4.08. The van der Waals surface area contributed by atoms with Crippen molar-refractivity contribution in [1.82, 2.24) is 0 Å². The second kappa shape index (κ2) is 4.68. The summed E-state index contributed by atoms with van der Waals surface area (Å²) in [5.41, 5.74) is -0.218. The van der Waals surface area contributed by atoms with E-state index in [4.69, 9.17) is 9.15 Å². The van der Waals surface area contributed by atoms with Crippen molar-refractivity contribution in [3.05, 3.63) is 43.1 Å². The number of hydrogen-bond donors (Lipinski definition) is 1. The summed E-state index contributed by atoms with van der Waals surface area (Å²) in [6.07, 6.45) is 2.49. The van der Waals surface area contributed by atoms with Gasteiger partial charge in [0.25, 0.3) is 0 Å². The van der Waals surface area contributed by atoms with Gasteiger partial charge >= 0.3 is 5.63 Å². The molecule has 98 valence electrons. The third-order valence-electron chi connectivity index (χ3n) is 2.85. The van der Waals surface area contributed by atoms with Gasteiger partial charge in [-0.3, -0.25) is 0 Å². The fourth-order valence-electron chi connectivity index (χ4n) is 2.02. The molecule has 0 amide bonds. The first-order valence-corrected chi connectivity index (χ1v) is 7.14. The summed E-state index contributed by atoms with van der Waals surface area (Å²) < 4.78 is 12.0. The lowest BCUT2D eigenvalue weighted by Crippen LogP contribution is -2.07. The lowest BCUT2D eigenvalue weighted by molar-refractivity contribution is 0.304. The van der Waals surface area contributed by atoms with Gasteiger partial charge in [-0.15, -0.1) is 0 Å². The van der Waals surface area contributed by atoms with E-state index in [-0.39, 0.29) is 11.3 Å². The minimum Gasteiger partial charge on any atom is -0.506 e. The lowest BCUT2D eigenvalue weighted by atomic mass is 10.1. The summed E-state index contributed by atoms with van der Waals surface area (Å²) in [5, 5.41) is 10.8. The second-order valence-corrected chi connectivity index (χ2v) is 5.85. The van der Waals surface area contributed by atoms with E-state index >= 15 is 0 Å². The molecule has 0 bridgehead atoms. The van der Waals surface area contributed by atoms with Crippen molar-refractivity contribution in [2.45, 2.75) is 6.42 Å². The van der Waals surface area contributed by atoms with E-state index in [0.29, 0.717) is 34.2 Å². The van der Waals surface area contributed by atoms with Gasteiger partial charge in [0, 0.05) is 10.9 Å². The molecule has 0 saturated carbocycles. The zero-order valence-corrected chi connectivity index (χ0v) is 12.7. The Morgan fingerprint density at radius 1 is 1.26 bits per heavy atom. The zero-order chi connectivity index (χ0) is 13.6. The van der Waals surface area contributed by atoms with Gasteiger partial charge in [0.2, 0.25) is 0 Å². The van der Waals surface area contributed by atoms with Crippen LogP contribution >= 0.6 is 31.9 Å². The summed E-state index contributed by atoms with van der Waals surface area (Å²) in [7, 11) is 0. The number of ether oxygens (including phenoxy) is 1. The van der Waals surface area contributed by atoms with Crippen molar-refractivity contribution in [3.63, 3.8) is 0 Å². The topological polar surface area (TPSA) is 59.7 Å². The Morgan fingerprint density at radius 3 is 2.74 bits per heavy atom. The van der Waals surface area contributed by atoms with Crippen LogP contribution in [0.5, 0.6) is 5.75 Å². The van der Waals surface area contributed by atoms with Crippen LogP contribution in [0.15, 0.2) is 36.4 Å². The molecule has 1 aromatic heterocycles. The molecule has 6 heteroatoms. The molecule has 19 heavy (non-hydrogen) atoms. The summed E-state index contributed by atoms with van der Waals surface area (Å²) in [6, 6.07) is 3.44. The average Bonchev–Trinajstić information content (AvgIpc) is 2.85. The van der Waals surface area contributed by atoms with Crippen LogP contribution in [0.4, 0.5) is 0 Å². The molecule has 0 unspecified atom stereocenters. The van der Waals surface area contributed by atoms with Crippen molar-refractivity contribution >= 4 is 48.6 Å². The molecule has 0 spiro atoms. The summed E-state index contributed by atoms with van der Waals surface area (Å²) in [6.45, 7) is 0.508. The fraction of sp³-hybridized carbons (Fsp3) is 0.154. The molecule has 0 atom stereocenters. The Hall–Kier alpha value is -1.27. The average molecular weight is 388 g/mol. The maximum Gasteiger partial charge on any atom is 0.351 e. The summed E-state index contributed by atoms with van der Waals surface area (Å²) in [4.78, 5) is 12.0. The van der Waals surface area contributed by atoms with Crippen molar-refractivity contribution in [2.24, 2.45) is 0 Å². The molecule has 0 radical (unpaired) electrons. The third-order valence-corrected chi connectivity index (χ3v) is 3.90. The quantitative estimate of drug-likeness (QED) is 0.756. The normalized spacial score (nSPS) is 14.5. The number of benzene rings is 1. The summed E-state index contributed by atoms with van der Waals surface area (Å²) in [5.74, 6) is 0.255. The van der Waals surface area contributed by atoms with Gasteiger partial charge in [-0.2, -0.15) is 0 Å². The number of rotatable bonds is 1. The highest BCUT2D eigenvalue weighted by Gasteiger charge is 2.22. The van der Waals surface area contributed by atoms with Gasteiger partial charge in [0.15, 0.2) is 5.58 Å². The Kier molecular flexibility index (Phi) is 3.14. The molecule has 0 saturated heterocycles. The number of halogens is 2. The number of hydrogen-bond acceptors (Lipinski definition) is 4. The first kappa shape index (κ1) is 12.7. The molecule has 2 heterocycles. The molecule has 1 N–H and O–H groups in total. The maximum absolute atomic E-state index is 12.0. The van der Waals surface area contributed by atoms with Gasteiger partial charge < -0.3 is 14.3 Å². The minimum absolute atomic E-state index is 0.0787. The van der Waals surface area contributed by atoms with Crippen LogP contribution in [0.2, 0.25) is 0 Å². The van der Waals surface area contributed by atoms with Gasteiger partial charge in [0.1, 0.15) is 17.1 Å². The minimum atomic E-state index is -0.610. The van der Waals surface area contributed by atoms with Crippen molar-refractivity contribution < 1.29 is 14.3 Å². The fourth-order valence-corrected chi connectivity index (χ4v) is 3.33. The predicted octanol–water partition coefficient (Wildman–Crippen LogP) is 3.78. The van der Waals surface area contributed by atoms with Crippen LogP contribution in [0.25, 0.3) is 16.7 Å². The van der Waals surface area contributed by atoms with Crippen LogP contribution in [0.3, 0.4) is 0 Å². The molecule has 0 fully saturated rings. The predicted molar refractivity (Wildman–Crippen MR) is 78.1 cm³/mol. The van der Waals surface area contributed by atoms with Crippen molar-refractivity contribution in [1.29, 1.82) is 0 Å². The van der Waals surface area contributed by atoms with Crippen molar-refractivity contribution in [3.8, 4) is 5.75 Å². The van der Waals surface area contributed by atoms with Crippen LogP contribution in [0, 0.1) is 0 Å². The maximum atomic E-state index is 12.0. The largest absolute Gasteiger partial charge is 0.506 e. The molecule has 1 aliphatic rings. The Bertz CT molecular complexity index is 761. The number of fused-ring (bicyclic) bond motifs is 1. The van der Waals surface area contributed by atoms with E-state index in [1.807, 2.05) is 0 Å². The lowest BCUT2D eigenvalue weighted by Gasteiger charge is -2.08. The monoisotopic (exact) mass is 386 g/mol. The van der Waals surface area contributed by atoms with Gasteiger partial charge in [0.05, 0.1) is 16.5 Å². The first-order valence-electron chi connectivity index (χ1n) is 5.56. The van der Waals surface area contributed by atoms with E-state index in [0.717, 1.165) is 4.47 Å². The standard InChI is InChI=1S/C13H8Br2O4/c14-6-4-7-11(16)10(9-2-1-3-18-9)13(17)19-12(7)8(15)5-6/h2,4-5,16H,1,3H2. The number of aromatic hydroxyl groups is 1. The SMILES string of the molecule is O=c1oc2c(Br)cc(Br)cc2c(O)c1C1=CCCO1. The van der Waals surface area contributed by atoms with E-state index < -0.39 is 5.63 Å². The molecule has 1 aliphatic heterocycles. The van der Waals surface area contributed by atoms with Gasteiger partial charge in [-0.05, 0) is 34.1 Å². The summed E-state index contributed by atoms with van der Waals surface area (Å²) >= 11 is 6.64. The van der Waals surface area contributed by atoms with Crippen LogP contribution in [-0.4, -0.2) is 11.7 Å². The molecule has 3 rings (SSSR count). The van der Waals surface area contributed by atoms with Gasteiger partial charge in [-0.25, -0.2) is 4.79 Å². The molecule has 1 aromatic carbocycles. The zero-order valence-electron chi connectivity index (χ0n) is 9.57. The molecular weight excluding hydrogens is 380 g/mol. The third kappa shape index (κ3) is 2.08. The van der Waals surface area contributed by atoms with Crippen LogP contribution in [0.1, 0.15) is 12.0 Å². The highest BCUT2D eigenvalue weighted by atomic mass is 79.9. The van der Waals surface area contributed by atoms with Crippen molar-refractivity contribution in [2.75, 3.05) is 6.61 Å². The van der Waals surface area contributed by atoms with Crippen LogP contribution in [-0.2, 0) is 4.74 Å². The van der Waals surface area contributed by atoms with Gasteiger partial charge in [-0.1, -0.05) is 15.9 Å². The Labute approximate surface area is 124 Å². The molecule has 2 aromatic rings. The van der Waals surface area contributed by atoms with E-state index in [1.165, 1.54) is 0 Å². The Balaban J connectivity index is 2.39. The Morgan fingerprint density at radius 2 is 2.05 bits per heavy atom. The molecule has 4 nitrogen and oxygen atoms in total. The molecule has 0 aliphatic carbocycles. The highest BCUT2D eigenvalue weighted by molar-refractivity contribution is 9.11. The van der Waals surface area contributed by atoms with E-state index in [9.17, 15) is 9.90 Å². The van der Waals surface area contributed by atoms with Crippen LogP contribution < -0.4 is 5.63 Å². The van der Waals surface area contributed by atoms with E-state index in [2.05, 4.69) is 31.9 Å².